The Kier molecular flexibility index (Phi) is 4.20. The Morgan fingerprint density at radius 2 is 2.39 bits per heavy atom. The van der Waals surface area contributed by atoms with E-state index in [0.717, 1.165) is 32.5 Å². The normalized spacial score (nSPS) is 22.1. The zero-order valence-electron chi connectivity index (χ0n) is 10.8. The maximum Gasteiger partial charge on any atom is 0.143 e. The molecule has 1 heterocycles. The maximum atomic E-state index is 8.74. The van der Waals surface area contributed by atoms with Crippen molar-refractivity contribution >= 4 is 5.84 Å². The number of amidine groups is 1. The second-order valence-electron chi connectivity index (χ2n) is 5.09. The molecule has 1 atom stereocenters. The molecule has 0 radical (unpaired) electrons. The van der Waals surface area contributed by atoms with Gasteiger partial charge in [0.25, 0.3) is 0 Å². The number of rotatable bonds is 3. The summed E-state index contributed by atoms with van der Waals surface area (Å²) >= 11 is 0. The van der Waals surface area contributed by atoms with Crippen LogP contribution in [0.4, 0.5) is 0 Å². The smallest absolute Gasteiger partial charge is 0.143 e. The molecule has 1 aliphatic rings. The fraction of sp³-hybridized carbons (Fsp3) is 0.500. The summed E-state index contributed by atoms with van der Waals surface area (Å²) in [5.41, 5.74) is 8.32. The van der Waals surface area contributed by atoms with Gasteiger partial charge >= 0.3 is 0 Å². The van der Waals surface area contributed by atoms with Crippen molar-refractivity contribution in [3.8, 4) is 0 Å². The van der Waals surface area contributed by atoms with Crippen molar-refractivity contribution < 1.29 is 5.21 Å². The van der Waals surface area contributed by atoms with Crippen LogP contribution in [0.3, 0.4) is 0 Å². The molecule has 0 aromatic heterocycles. The minimum absolute atomic E-state index is 0.188. The molecular weight excluding hydrogens is 226 g/mol. The summed E-state index contributed by atoms with van der Waals surface area (Å²) in [4.78, 5) is 2.38. The van der Waals surface area contributed by atoms with Crippen molar-refractivity contribution in [1.82, 2.24) is 4.90 Å². The van der Waals surface area contributed by atoms with Gasteiger partial charge in [-0.05, 0) is 31.9 Å². The molecule has 98 valence electrons. The van der Waals surface area contributed by atoms with Crippen molar-refractivity contribution in [1.29, 1.82) is 0 Å². The highest BCUT2D eigenvalue weighted by atomic mass is 16.4. The van der Waals surface area contributed by atoms with Gasteiger partial charge in [0.05, 0.1) is 0 Å². The van der Waals surface area contributed by atoms with Gasteiger partial charge in [-0.2, -0.15) is 0 Å². The average molecular weight is 247 g/mol. The van der Waals surface area contributed by atoms with Crippen LogP contribution >= 0.6 is 0 Å². The van der Waals surface area contributed by atoms with Gasteiger partial charge in [0.15, 0.2) is 0 Å². The Morgan fingerprint density at radius 3 is 3.11 bits per heavy atom. The van der Waals surface area contributed by atoms with Crippen LogP contribution in [0.25, 0.3) is 0 Å². The number of likely N-dealkylation sites (tertiary alicyclic amines) is 1. The molecule has 0 aliphatic carbocycles. The number of piperidine rings is 1. The number of hydrogen-bond donors (Lipinski definition) is 2. The Bertz CT molecular complexity index is 431. The van der Waals surface area contributed by atoms with E-state index in [4.69, 9.17) is 10.9 Å². The quantitative estimate of drug-likeness (QED) is 0.371. The first kappa shape index (κ1) is 12.9. The van der Waals surface area contributed by atoms with Gasteiger partial charge in [0, 0.05) is 19.0 Å². The molecule has 4 nitrogen and oxygen atoms in total. The van der Waals surface area contributed by atoms with Crippen LogP contribution in [0.2, 0.25) is 0 Å². The highest BCUT2D eigenvalue weighted by Crippen LogP contribution is 2.19. The van der Waals surface area contributed by atoms with E-state index in [9.17, 15) is 0 Å². The SMILES string of the molecule is Cc1cccc(CN2CCCC(C(N)=NO)C2)c1. The topological polar surface area (TPSA) is 61.8 Å². The zero-order valence-corrected chi connectivity index (χ0v) is 10.8. The summed E-state index contributed by atoms with van der Waals surface area (Å²) in [6.45, 7) is 5.02. The van der Waals surface area contributed by atoms with E-state index in [-0.39, 0.29) is 5.92 Å². The van der Waals surface area contributed by atoms with E-state index < -0.39 is 0 Å². The largest absolute Gasteiger partial charge is 0.409 e. The molecule has 2 rings (SSSR count). The first-order chi connectivity index (χ1) is 8.69. The van der Waals surface area contributed by atoms with Gasteiger partial charge < -0.3 is 10.9 Å². The Balaban J connectivity index is 1.97. The highest BCUT2D eigenvalue weighted by Gasteiger charge is 2.23. The number of hydrogen-bond acceptors (Lipinski definition) is 3. The Morgan fingerprint density at radius 1 is 1.56 bits per heavy atom. The van der Waals surface area contributed by atoms with Gasteiger partial charge in [-0.15, -0.1) is 0 Å². The van der Waals surface area contributed by atoms with Gasteiger partial charge in [-0.3, -0.25) is 4.90 Å². The van der Waals surface area contributed by atoms with E-state index in [1.54, 1.807) is 0 Å². The average Bonchev–Trinajstić information content (AvgIpc) is 2.38. The number of oxime groups is 1. The second-order valence-corrected chi connectivity index (χ2v) is 5.09. The monoisotopic (exact) mass is 247 g/mol. The van der Waals surface area contributed by atoms with Crippen molar-refractivity contribution in [2.45, 2.75) is 26.3 Å². The van der Waals surface area contributed by atoms with E-state index in [1.807, 2.05) is 0 Å². The summed E-state index contributed by atoms with van der Waals surface area (Å²) in [6.07, 6.45) is 2.12. The molecule has 4 heteroatoms. The third-order valence-corrected chi connectivity index (χ3v) is 3.53. The lowest BCUT2D eigenvalue weighted by Gasteiger charge is -2.32. The van der Waals surface area contributed by atoms with E-state index >= 15 is 0 Å². The number of nitrogens with zero attached hydrogens (tertiary/aromatic N) is 2. The van der Waals surface area contributed by atoms with Crippen LogP contribution in [-0.2, 0) is 6.54 Å². The fourth-order valence-electron chi connectivity index (χ4n) is 2.59. The van der Waals surface area contributed by atoms with Crippen molar-refractivity contribution in [3.63, 3.8) is 0 Å². The van der Waals surface area contributed by atoms with E-state index in [1.165, 1.54) is 11.1 Å². The van der Waals surface area contributed by atoms with Gasteiger partial charge in [-0.25, -0.2) is 0 Å². The lowest BCUT2D eigenvalue weighted by molar-refractivity contribution is 0.193. The molecule has 1 aliphatic heterocycles. The predicted octanol–water partition coefficient (Wildman–Crippen LogP) is 1.95. The van der Waals surface area contributed by atoms with Gasteiger partial charge in [0.1, 0.15) is 5.84 Å². The zero-order chi connectivity index (χ0) is 13.0. The minimum atomic E-state index is 0.188. The molecule has 1 fully saturated rings. The lowest BCUT2D eigenvalue weighted by Crippen LogP contribution is -2.40. The molecule has 18 heavy (non-hydrogen) atoms. The third kappa shape index (κ3) is 3.23. The molecule has 1 aromatic carbocycles. The van der Waals surface area contributed by atoms with Crippen LogP contribution in [0.1, 0.15) is 24.0 Å². The lowest BCUT2D eigenvalue weighted by atomic mass is 9.96. The second kappa shape index (κ2) is 5.87. The standard InChI is InChI=1S/C14H21N3O/c1-11-4-2-5-12(8-11)9-17-7-3-6-13(10-17)14(15)16-18/h2,4-5,8,13,18H,3,6-7,9-10H2,1H3,(H2,15,16). The van der Waals surface area contributed by atoms with Crippen LogP contribution in [-0.4, -0.2) is 29.0 Å². The van der Waals surface area contributed by atoms with Gasteiger partial charge in [0.2, 0.25) is 0 Å². The molecule has 0 spiro atoms. The van der Waals surface area contributed by atoms with Crippen LogP contribution < -0.4 is 5.73 Å². The van der Waals surface area contributed by atoms with Crippen molar-refractivity contribution in [3.05, 3.63) is 35.4 Å². The third-order valence-electron chi connectivity index (χ3n) is 3.53. The molecule has 3 N–H and O–H groups in total. The molecular formula is C14H21N3O. The number of aryl methyl sites for hydroxylation is 1. The molecule has 1 saturated heterocycles. The minimum Gasteiger partial charge on any atom is -0.409 e. The molecule has 0 bridgehead atoms. The number of benzene rings is 1. The Labute approximate surface area is 108 Å². The maximum absolute atomic E-state index is 8.74. The number of nitrogens with two attached hydrogens (primary N) is 1. The fourth-order valence-corrected chi connectivity index (χ4v) is 2.59. The summed E-state index contributed by atoms with van der Waals surface area (Å²) < 4.78 is 0. The predicted molar refractivity (Wildman–Crippen MR) is 72.6 cm³/mol. The Hall–Kier alpha value is -1.55. The summed E-state index contributed by atoms with van der Waals surface area (Å²) in [7, 11) is 0. The molecule has 1 unspecified atom stereocenters. The van der Waals surface area contributed by atoms with Crippen molar-refractivity contribution in [2.24, 2.45) is 16.8 Å². The summed E-state index contributed by atoms with van der Waals surface area (Å²) in [5, 5.41) is 11.9. The van der Waals surface area contributed by atoms with Gasteiger partial charge in [-0.1, -0.05) is 35.0 Å². The van der Waals surface area contributed by atoms with Crippen LogP contribution in [0.5, 0.6) is 0 Å². The first-order valence-electron chi connectivity index (χ1n) is 6.44. The molecule has 0 saturated carbocycles. The van der Waals surface area contributed by atoms with E-state index in [0.29, 0.717) is 5.84 Å². The molecule has 1 aromatic rings. The highest BCUT2D eigenvalue weighted by molar-refractivity contribution is 5.82. The first-order valence-corrected chi connectivity index (χ1v) is 6.44. The summed E-state index contributed by atoms with van der Waals surface area (Å²) in [6, 6.07) is 8.57. The van der Waals surface area contributed by atoms with E-state index in [2.05, 4.69) is 41.2 Å². The van der Waals surface area contributed by atoms with Crippen LogP contribution in [0, 0.1) is 12.8 Å². The van der Waals surface area contributed by atoms with Crippen LogP contribution in [0.15, 0.2) is 29.4 Å². The summed E-state index contributed by atoms with van der Waals surface area (Å²) in [5.74, 6) is 0.553. The molecule has 0 amide bonds. The van der Waals surface area contributed by atoms with Crippen molar-refractivity contribution in [2.75, 3.05) is 13.1 Å².